The summed E-state index contributed by atoms with van der Waals surface area (Å²) >= 11 is 0. The Hall–Kier alpha value is -1.52. The van der Waals surface area contributed by atoms with Crippen LogP contribution < -0.4 is 11.1 Å². The zero-order valence-electron chi connectivity index (χ0n) is 9.73. The van der Waals surface area contributed by atoms with Gasteiger partial charge in [0.2, 0.25) is 0 Å². The van der Waals surface area contributed by atoms with Gasteiger partial charge < -0.3 is 11.1 Å². The fraction of sp³-hybridized carbons (Fsp3) is 0.636. The van der Waals surface area contributed by atoms with Crippen LogP contribution in [0.5, 0.6) is 0 Å². The first-order valence-electron chi connectivity index (χ1n) is 5.65. The summed E-state index contributed by atoms with van der Waals surface area (Å²) in [5.74, 6) is 1.64. The van der Waals surface area contributed by atoms with Gasteiger partial charge in [0.25, 0.3) is 5.91 Å². The third kappa shape index (κ3) is 2.18. The molecule has 1 aliphatic rings. The number of nitrogen functional groups attached to an aromatic ring is 1. The number of nitrogens with one attached hydrogen (secondary N) is 1. The number of aryl methyl sites for hydroxylation is 1. The molecule has 5 heteroatoms. The van der Waals surface area contributed by atoms with Crippen molar-refractivity contribution in [2.45, 2.75) is 19.8 Å². The summed E-state index contributed by atoms with van der Waals surface area (Å²) in [7, 11) is 1.72. The van der Waals surface area contributed by atoms with Crippen molar-refractivity contribution in [3.05, 3.63) is 11.8 Å². The number of nitrogens with two attached hydrogens (primary N) is 1. The molecule has 1 unspecified atom stereocenters. The molecule has 1 fully saturated rings. The zero-order chi connectivity index (χ0) is 11.7. The van der Waals surface area contributed by atoms with Crippen molar-refractivity contribution in [3.63, 3.8) is 0 Å². The minimum absolute atomic E-state index is 0.127. The monoisotopic (exact) mass is 222 g/mol. The van der Waals surface area contributed by atoms with Gasteiger partial charge in [-0.1, -0.05) is 6.92 Å². The van der Waals surface area contributed by atoms with Gasteiger partial charge in [0.05, 0.1) is 6.20 Å². The van der Waals surface area contributed by atoms with E-state index in [0.717, 1.165) is 12.5 Å². The maximum absolute atomic E-state index is 11.8. The van der Waals surface area contributed by atoms with Crippen LogP contribution in [0.4, 0.5) is 5.82 Å². The van der Waals surface area contributed by atoms with E-state index in [1.165, 1.54) is 23.7 Å². The molecule has 88 valence electrons. The van der Waals surface area contributed by atoms with Crippen molar-refractivity contribution >= 4 is 11.7 Å². The normalized spacial score (nSPS) is 17.1. The Bertz CT molecular complexity index is 395. The van der Waals surface area contributed by atoms with Crippen LogP contribution in [0.1, 0.15) is 30.1 Å². The molecule has 0 spiro atoms. The van der Waals surface area contributed by atoms with Gasteiger partial charge >= 0.3 is 0 Å². The molecular formula is C11H18N4O. The second-order valence-corrected chi connectivity index (χ2v) is 4.59. The van der Waals surface area contributed by atoms with E-state index in [0.29, 0.717) is 17.3 Å². The van der Waals surface area contributed by atoms with Crippen LogP contribution in [0.15, 0.2) is 6.20 Å². The molecule has 0 aliphatic heterocycles. The van der Waals surface area contributed by atoms with E-state index in [4.69, 9.17) is 5.73 Å². The van der Waals surface area contributed by atoms with Crippen molar-refractivity contribution in [2.24, 2.45) is 18.9 Å². The number of aromatic nitrogens is 2. The lowest BCUT2D eigenvalue weighted by Crippen LogP contribution is -2.29. The molecule has 3 N–H and O–H groups in total. The van der Waals surface area contributed by atoms with Gasteiger partial charge in [-0.25, -0.2) is 0 Å². The third-order valence-electron chi connectivity index (χ3n) is 3.24. The molecule has 0 radical (unpaired) electrons. The molecule has 2 rings (SSSR count). The van der Waals surface area contributed by atoms with E-state index in [1.807, 2.05) is 0 Å². The van der Waals surface area contributed by atoms with Gasteiger partial charge in [-0.3, -0.25) is 9.48 Å². The van der Waals surface area contributed by atoms with E-state index in [1.54, 1.807) is 7.05 Å². The molecule has 0 saturated heterocycles. The fourth-order valence-electron chi connectivity index (χ4n) is 1.80. The lowest BCUT2D eigenvalue weighted by Gasteiger charge is -2.10. The van der Waals surface area contributed by atoms with E-state index in [9.17, 15) is 4.79 Å². The first kappa shape index (κ1) is 11.0. The first-order valence-corrected chi connectivity index (χ1v) is 5.65. The van der Waals surface area contributed by atoms with Crippen molar-refractivity contribution in [2.75, 3.05) is 12.3 Å². The van der Waals surface area contributed by atoms with Crippen LogP contribution in [0.25, 0.3) is 0 Å². The maximum atomic E-state index is 11.8. The largest absolute Gasteiger partial charge is 0.383 e. The highest BCUT2D eigenvalue weighted by Gasteiger charge is 2.28. The summed E-state index contributed by atoms with van der Waals surface area (Å²) in [4.78, 5) is 11.8. The van der Waals surface area contributed by atoms with Crippen LogP contribution in [-0.4, -0.2) is 22.2 Å². The Morgan fingerprint density at radius 2 is 2.44 bits per heavy atom. The summed E-state index contributed by atoms with van der Waals surface area (Å²) in [5.41, 5.74) is 6.19. The summed E-state index contributed by atoms with van der Waals surface area (Å²) in [5, 5.41) is 6.84. The minimum Gasteiger partial charge on any atom is -0.383 e. The lowest BCUT2D eigenvalue weighted by atomic mass is 10.1. The highest BCUT2D eigenvalue weighted by Crippen LogP contribution is 2.36. The Labute approximate surface area is 95.0 Å². The second kappa shape index (κ2) is 4.15. The number of amides is 1. The number of nitrogens with zero attached hydrogens (tertiary/aromatic N) is 2. The SMILES string of the molecule is CC(CNC(=O)c1cnn(C)c1N)C1CC1. The summed E-state index contributed by atoms with van der Waals surface area (Å²) in [6.07, 6.45) is 4.10. The molecule has 1 heterocycles. The van der Waals surface area contributed by atoms with Crippen LogP contribution in [-0.2, 0) is 7.05 Å². The number of hydrogen-bond acceptors (Lipinski definition) is 3. The molecule has 1 aliphatic carbocycles. The molecule has 0 aromatic carbocycles. The van der Waals surface area contributed by atoms with Crippen LogP contribution >= 0.6 is 0 Å². The van der Waals surface area contributed by atoms with Crippen LogP contribution in [0.2, 0.25) is 0 Å². The molecular weight excluding hydrogens is 204 g/mol. The number of rotatable bonds is 4. The van der Waals surface area contributed by atoms with E-state index < -0.39 is 0 Å². The molecule has 16 heavy (non-hydrogen) atoms. The average Bonchev–Trinajstić information content (AvgIpc) is 3.04. The van der Waals surface area contributed by atoms with Gasteiger partial charge in [-0.05, 0) is 24.7 Å². The Morgan fingerprint density at radius 3 is 2.94 bits per heavy atom. The third-order valence-corrected chi connectivity index (χ3v) is 3.24. The van der Waals surface area contributed by atoms with Crippen molar-refractivity contribution in [1.82, 2.24) is 15.1 Å². The molecule has 5 nitrogen and oxygen atoms in total. The van der Waals surface area contributed by atoms with E-state index >= 15 is 0 Å². The molecule has 1 saturated carbocycles. The Kier molecular flexibility index (Phi) is 2.85. The highest BCUT2D eigenvalue weighted by atomic mass is 16.1. The van der Waals surface area contributed by atoms with E-state index in [-0.39, 0.29) is 5.91 Å². The standard InChI is InChI=1S/C11H18N4O/c1-7(8-3-4-8)5-13-11(16)9-6-14-15(2)10(9)12/h6-8H,3-5,12H2,1-2H3,(H,13,16). The number of hydrogen-bond donors (Lipinski definition) is 2. The topological polar surface area (TPSA) is 72.9 Å². The lowest BCUT2D eigenvalue weighted by molar-refractivity contribution is 0.0947. The number of anilines is 1. The molecule has 0 bridgehead atoms. The summed E-state index contributed by atoms with van der Waals surface area (Å²) < 4.78 is 1.50. The summed E-state index contributed by atoms with van der Waals surface area (Å²) in [6, 6.07) is 0. The van der Waals surface area contributed by atoms with E-state index in [2.05, 4.69) is 17.3 Å². The molecule has 1 aromatic heterocycles. The smallest absolute Gasteiger partial charge is 0.256 e. The maximum Gasteiger partial charge on any atom is 0.256 e. The van der Waals surface area contributed by atoms with Gasteiger partial charge in [0, 0.05) is 13.6 Å². The quantitative estimate of drug-likeness (QED) is 0.790. The van der Waals surface area contributed by atoms with Crippen LogP contribution in [0.3, 0.4) is 0 Å². The predicted molar refractivity (Wildman–Crippen MR) is 61.8 cm³/mol. The van der Waals surface area contributed by atoms with Crippen molar-refractivity contribution in [1.29, 1.82) is 0 Å². The van der Waals surface area contributed by atoms with Crippen LogP contribution in [0, 0.1) is 11.8 Å². The molecule has 1 atom stereocenters. The second-order valence-electron chi connectivity index (χ2n) is 4.59. The zero-order valence-corrected chi connectivity index (χ0v) is 9.73. The number of carbonyl (C=O) groups excluding carboxylic acids is 1. The fourth-order valence-corrected chi connectivity index (χ4v) is 1.80. The highest BCUT2D eigenvalue weighted by molar-refractivity contribution is 5.98. The molecule has 1 aromatic rings. The Balaban J connectivity index is 1.90. The number of carbonyl (C=O) groups is 1. The van der Waals surface area contributed by atoms with Gasteiger partial charge in [-0.2, -0.15) is 5.10 Å². The van der Waals surface area contributed by atoms with Crippen molar-refractivity contribution < 1.29 is 4.79 Å². The first-order chi connectivity index (χ1) is 7.59. The Morgan fingerprint density at radius 1 is 1.75 bits per heavy atom. The van der Waals surface area contributed by atoms with Crippen molar-refractivity contribution in [3.8, 4) is 0 Å². The van der Waals surface area contributed by atoms with Gasteiger partial charge in [0.1, 0.15) is 11.4 Å². The predicted octanol–water partition coefficient (Wildman–Crippen LogP) is 0.778. The van der Waals surface area contributed by atoms with Gasteiger partial charge in [0.15, 0.2) is 0 Å². The van der Waals surface area contributed by atoms with Gasteiger partial charge in [-0.15, -0.1) is 0 Å². The average molecular weight is 222 g/mol. The summed E-state index contributed by atoms with van der Waals surface area (Å²) in [6.45, 7) is 2.89. The molecule has 1 amide bonds. The minimum atomic E-state index is -0.127.